The molecule has 2 amide bonds. The summed E-state index contributed by atoms with van der Waals surface area (Å²) in [5.74, 6) is -0.958. The number of halogens is 2. The molecule has 3 aromatic rings. The maximum Gasteiger partial charge on any atom is 0.282 e. The topological polar surface area (TPSA) is 103 Å². The fourth-order valence-corrected chi connectivity index (χ4v) is 9.04. The highest BCUT2D eigenvalue weighted by Crippen LogP contribution is 2.43. The van der Waals surface area contributed by atoms with Crippen LogP contribution in [0.25, 0.3) is 0 Å². The van der Waals surface area contributed by atoms with Gasteiger partial charge in [0.1, 0.15) is 10.3 Å². The molecular formula is C38H47BrFN7O3. The zero-order valence-electron chi connectivity index (χ0n) is 29.0. The standard InChI is InChI=1S/C38H47BrFN7O3/c1-44-23-28(19-29(24-44)42-32-21-41-45(2)37(50)35(32)39)26-5-3-25(4-6-26)22-46-15-11-38(12-16-46)13-17-47(18-14-38)33-9-7-27(20-31(33)40)30-8-10-34(48)43-36(30)49/h3-7,9,20-21,28-30,42H,8,10-19,22-24H2,1-2H3,(H,43,48,49)/t28-,29+,30?/m1/s1. The number of likely N-dealkylation sites (tertiary alicyclic amines) is 2. The van der Waals surface area contributed by atoms with Gasteiger partial charge in [0, 0.05) is 52.2 Å². The van der Waals surface area contributed by atoms with Crippen LogP contribution in [0.15, 0.2) is 57.9 Å². The highest BCUT2D eigenvalue weighted by molar-refractivity contribution is 9.10. The monoisotopic (exact) mass is 747 g/mol. The number of likely N-dealkylation sites (N-methyl/N-ethyl adjacent to an activating group) is 1. The largest absolute Gasteiger partial charge is 0.379 e. The van der Waals surface area contributed by atoms with Crippen molar-refractivity contribution in [3.63, 3.8) is 0 Å². The van der Waals surface area contributed by atoms with E-state index in [1.807, 2.05) is 12.1 Å². The van der Waals surface area contributed by atoms with Gasteiger partial charge >= 0.3 is 0 Å². The number of carbonyl (C=O) groups excluding carboxylic acids is 2. The summed E-state index contributed by atoms with van der Waals surface area (Å²) in [4.78, 5) is 43.2. The van der Waals surface area contributed by atoms with Crippen LogP contribution < -0.4 is 21.1 Å². The number of carbonyl (C=O) groups is 2. The Morgan fingerprint density at radius 2 is 1.66 bits per heavy atom. The van der Waals surface area contributed by atoms with Crippen LogP contribution in [0.5, 0.6) is 0 Å². The summed E-state index contributed by atoms with van der Waals surface area (Å²) in [6.45, 7) is 6.67. The van der Waals surface area contributed by atoms with Crippen LogP contribution >= 0.6 is 15.9 Å². The van der Waals surface area contributed by atoms with E-state index in [1.165, 1.54) is 21.9 Å². The third-order valence-corrected chi connectivity index (χ3v) is 12.4. The van der Waals surface area contributed by atoms with E-state index in [-0.39, 0.29) is 35.7 Å². The maximum atomic E-state index is 15.3. The smallest absolute Gasteiger partial charge is 0.282 e. The second kappa shape index (κ2) is 14.6. The molecule has 4 saturated heterocycles. The molecule has 7 rings (SSSR count). The predicted molar refractivity (Wildman–Crippen MR) is 196 cm³/mol. The van der Waals surface area contributed by atoms with Crippen molar-refractivity contribution in [3.8, 4) is 0 Å². The summed E-state index contributed by atoms with van der Waals surface area (Å²) in [6, 6.07) is 14.5. The van der Waals surface area contributed by atoms with Gasteiger partial charge < -0.3 is 15.1 Å². The van der Waals surface area contributed by atoms with E-state index in [1.54, 1.807) is 13.2 Å². The Morgan fingerprint density at radius 1 is 0.960 bits per heavy atom. The van der Waals surface area contributed by atoms with Crippen molar-refractivity contribution in [1.29, 1.82) is 0 Å². The van der Waals surface area contributed by atoms with Crippen LogP contribution in [0.2, 0.25) is 0 Å². The molecular weight excluding hydrogens is 701 g/mol. The van der Waals surface area contributed by atoms with Crippen LogP contribution in [-0.2, 0) is 23.2 Å². The van der Waals surface area contributed by atoms with Crippen molar-refractivity contribution in [2.45, 2.75) is 69.4 Å². The summed E-state index contributed by atoms with van der Waals surface area (Å²) < 4.78 is 17.2. The van der Waals surface area contributed by atoms with Gasteiger partial charge in [-0.15, -0.1) is 0 Å². The van der Waals surface area contributed by atoms with Crippen molar-refractivity contribution >= 4 is 39.1 Å². The van der Waals surface area contributed by atoms with Crippen LogP contribution in [-0.4, -0.2) is 83.8 Å². The molecule has 5 heterocycles. The summed E-state index contributed by atoms with van der Waals surface area (Å²) >= 11 is 3.45. The number of piperidine rings is 4. The second-order valence-electron chi connectivity index (χ2n) is 15.0. The molecule has 2 N–H and O–H groups in total. The number of benzene rings is 2. The fraction of sp³-hybridized carbons (Fsp3) is 0.526. The number of aryl methyl sites for hydroxylation is 1. The van der Waals surface area contributed by atoms with Gasteiger partial charge in [0.15, 0.2) is 0 Å². The van der Waals surface area contributed by atoms with E-state index in [9.17, 15) is 14.4 Å². The first-order chi connectivity index (χ1) is 24.1. The van der Waals surface area contributed by atoms with Gasteiger partial charge in [-0.2, -0.15) is 5.10 Å². The Kier molecular flexibility index (Phi) is 10.1. The summed E-state index contributed by atoms with van der Waals surface area (Å²) in [5.41, 5.74) is 4.84. The SMILES string of the molecule is CN1C[C@@H](Nc2cnn(C)c(=O)c2Br)C[C@@H](c2ccc(CN3CCC4(CC3)CCN(c3ccc(C5CCC(=O)NC5=O)cc3F)CC4)cc2)C1. The molecule has 1 unspecified atom stereocenters. The van der Waals surface area contributed by atoms with Gasteiger partial charge in [-0.05, 0) is 115 Å². The van der Waals surface area contributed by atoms with Crippen LogP contribution in [0, 0.1) is 11.2 Å². The zero-order valence-corrected chi connectivity index (χ0v) is 30.6. The molecule has 0 bridgehead atoms. The Morgan fingerprint density at radius 3 is 2.36 bits per heavy atom. The van der Waals surface area contributed by atoms with Gasteiger partial charge in [0.2, 0.25) is 11.8 Å². The minimum atomic E-state index is -0.473. The summed E-state index contributed by atoms with van der Waals surface area (Å²) in [6.07, 6.45) is 7.85. The van der Waals surface area contributed by atoms with E-state index in [4.69, 9.17) is 0 Å². The Labute approximate surface area is 301 Å². The van der Waals surface area contributed by atoms with Gasteiger partial charge in [0.05, 0.1) is 23.5 Å². The second-order valence-corrected chi connectivity index (χ2v) is 15.8. The maximum absolute atomic E-state index is 15.3. The molecule has 3 atom stereocenters. The number of aromatic nitrogens is 2. The molecule has 4 aliphatic rings. The van der Waals surface area contributed by atoms with Gasteiger partial charge in [-0.25, -0.2) is 9.07 Å². The number of amides is 2. The van der Waals surface area contributed by atoms with E-state index >= 15 is 4.39 Å². The molecule has 2 aromatic carbocycles. The van der Waals surface area contributed by atoms with Gasteiger partial charge in [-0.3, -0.25) is 24.6 Å². The van der Waals surface area contributed by atoms with Crippen molar-refractivity contribution < 1.29 is 14.0 Å². The quantitative estimate of drug-likeness (QED) is 0.327. The molecule has 266 valence electrons. The molecule has 50 heavy (non-hydrogen) atoms. The van der Waals surface area contributed by atoms with Crippen molar-refractivity contribution in [2.75, 3.05) is 56.5 Å². The molecule has 1 aromatic heterocycles. The lowest BCUT2D eigenvalue weighted by Crippen LogP contribution is -2.46. The zero-order chi connectivity index (χ0) is 35.0. The first kappa shape index (κ1) is 34.8. The number of nitrogens with zero attached hydrogens (tertiary/aromatic N) is 5. The van der Waals surface area contributed by atoms with Crippen LogP contribution in [0.1, 0.15) is 73.5 Å². The molecule has 12 heteroatoms. The van der Waals surface area contributed by atoms with Crippen molar-refractivity contribution in [2.24, 2.45) is 12.5 Å². The lowest BCUT2D eigenvalue weighted by Gasteiger charge is -2.47. The molecule has 0 radical (unpaired) electrons. The highest BCUT2D eigenvalue weighted by Gasteiger charge is 2.38. The van der Waals surface area contributed by atoms with Crippen LogP contribution in [0.3, 0.4) is 0 Å². The molecule has 0 saturated carbocycles. The number of hydrogen-bond acceptors (Lipinski definition) is 8. The van der Waals surface area contributed by atoms with Crippen molar-refractivity contribution in [3.05, 3.63) is 86.0 Å². The molecule has 4 aliphatic heterocycles. The number of nitrogens with one attached hydrogen (secondary N) is 2. The average molecular weight is 749 g/mol. The Bertz CT molecular complexity index is 1780. The average Bonchev–Trinajstić information content (AvgIpc) is 3.10. The minimum Gasteiger partial charge on any atom is -0.379 e. The molecule has 10 nitrogen and oxygen atoms in total. The number of imide groups is 1. The Hall–Kier alpha value is -3.61. The molecule has 1 spiro atoms. The first-order valence-electron chi connectivity index (χ1n) is 17.9. The summed E-state index contributed by atoms with van der Waals surface area (Å²) in [7, 11) is 3.80. The third-order valence-electron chi connectivity index (χ3n) is 11.6. The van der Waals surface area contributed by atoms with E-state index < -0.39 is 5.92 Å². The van der Waals surface area contributed by atoms with Gasteiger partial charge in [-0.1, -0.05) is 30.3 Å². The summed E-state index contributed by atoms with van der Waals surface area (Å²) in [5, 5.41) is 10.1. The minimum absolute atomic E-state index is 0.148. The third kappa shape index (κ3) is 7.52. The Balaban J connectivity index is 0.890. The lowest BCUT2D eigenvalue weighted by atomic mass is 9.71. The molecule has 4 fully saturated rings. The first-order valence-corrected chi connectivity index (χ1v) is 18.7. The van der Waals surface area contributed by atoms with Gasteiger partial charge in [0.25, 0.3) is 5.56 Å². The fourth-order valence-electron chi connectivity index (χ4n) is 8.57. The van der Waals surface area contributed by atoms with E-state index in [0.717, 1.165) is 83.6 Å². The number of hydrogen-bond donors (Lipinski definition) is 2. The molecule has 0 aliphatic carbocycles. The lowest BCUT2D eigenvalue weighted by molar-refractivity contribution is -0.134. The normalized spacial score (nSPS) is 24.7. The predicted octanol–water partition coefficient (Wildman–Crippen LogP) is 4.98. The number of anilines is 2. The van der Waals surface area contributed by atoms with E-state index in [0.29, 0.717) is 33.5 Å². The van der Waals surface area contributed by atoms with Crippen LogP contribution in [0.4, 0.5) is 15.8 Å². The number of rotatable bonds is 7. The highest BCUT2D eigenvalue weighted by atomic mass is 79.9. The van der Waals surface area contributed by atoms with E-state index in [2.05, 4.69) is 77.7 Å². The van der Waals surface area contributed by atoms with Crippen molar-refractivity contribution in [1.82, 2.24) is 24.9 Å².